The number of nitro groups is 1. The fourth-order valence-electron chi connectivity index (χ4n) is 3.03. The van der Waals surface area contributed by atoms with Crippen LogP contribution >= 0.6 is 11.8 Å². The lowest BCUT2D eigenvalue weighted by Gasteiger charge is -2.14. The first-order valence-electron chi connectivity index (χ1n) is 8.48. The number of hydrogen-bond donors (Lipinski definition) is 1. The molecule has 1 amide bonds. The molecule has 1 N–H and O–H groups in total. The lowest BCUT2D eigenvalue weighted by atomic mass is 10.1. The molecule has 2 aromatic carbocycles. The van der Waals surface area contributed by atoms with E-state index in [1.807, 2.05) is 24.3 Å². The predicted octanol–water partition coefficient (Wildman–Crippen LogP) is 4.89. The van der Waals surface area contributed by atoms with Crippen molar-refractivity contribution in [2.24, 2.45) is 0 Å². The Hall–Kier alpha value is -2.54. The van der Waals surface area contributed by atoms with Crippen molar-refractivity contribution in [1.29, 1.82) is 0 Å². The minimum Gasteiger partial charge on any atom is -0.490 e. The highest BCUT2D eigenvalue weighted by Crippen LogP contribution is 2.38. The third kappa shape index (κ3) is 4.16. The molecule has 1 aliphatic carbocycles. The third-order valence-corrected chi connectivity index (χ3v) is 5.78. The van der Waals surface area contributed by atoms with Crippen molar-refractivity contribution < 1.29 is 14.5 Å². The van der Waals surface area contributed by atoms with Crippen LogP contribution in [-0.4, -0.2) is 23.2 Å². The molecule has 0 heterocycles. The fraction of sp³-hybridized carbons (Fsp3) is 0.316. The first-order valence-corrected chi connectivity index (χ1v) is 9.36. The molecule has 1 fully saturated rings. The molecule has 7 heteroatoms. The highest BCUT2D eigenvalue weighted by molar-refractivity contribution is 8.00. The maximum absolute atomic E-state index is 12.6. The maximum atomic E-state index is 12.6. The summed E-state index contributed by atoms with van der Waals surface area (Å²) in [5, 5.41) is 14.6. The number of amides is 1. The minimum atomic E-state index is -0.556. The van der Waals surface area contributed by atoms with E-state index in [0.717, 1.165) is 10.6 Å². The van der Waals surface area contributed by atoms with Crippen LogP contribution in [0.15, 0.2) is 47.4 Å². The normalized spacial score (nSPS) is 14.2. The Morgan fingerprint density at radius 2 is 1.96 bits per heavy atom. The van der Waals surface area contributed by atoms with Crippen LogP contribution in [0.25, 0.3) is 0 Å². The average Bonchev–Trinajstić information content (AvgIpc) is 3.15. The van der Waals surface area contributed by atoms with E-state index in [0.29, 0.717) is 5.25 Å². The van der Waals surface area contributed by atoms with Gasteiger partial charge < -0.3 is 10.1 Å². The highest BCUT2D eigenvalue weighted by atomic mass is 32.2. The van der Waals surface area contributed by atoms with Crippen LogP contribution in [0.3, 0.4) is 0 Å². The summed E-state index contributed by atoms with van der Waals surface area (Å²) in [6, 6.07) is 11.9. The van der Waals surface area contributed by atoms with Gasteiger partial charge in [-0.1, -0.05) is 25.0 Å². The fourth-order valence-corrected chi connectivity index (χ4v) is 4.36. The van der Waals surface area contributed by atoms with Crippen molar-refractivity contribution >= 4 is 29.0 Å². The van der Waals surface area contributed by atoms with E-state index in [1.165, 1.54) is 51.0 Å². The molecule has 3 rings (SSSR count). The molecular formula is C19H20N2O4S. The van der Waals surface area contributed by atoms with Crippen LogP contribution in [0.4, 0.5) is 11.4 Å². The van der Waals surface area contributed by atoms with Crippen molar-refractivity contribution in [3.05, 3.63) is 58.1 Å². The predicted molar refractivity (Wildman–Crippen MR) is 102 cm³/mol. The molecule has 1 saturated carbocycles. The molecule has 0 saturated heterocycles. The number of para-hydroxylation sites is 1. The Morgan fingerprint density at radius 3 is 2.65 bits per heavy atom. The zero-order valence-corrected chi connectivity index (χ0v) is 15.3. The van der Waals surface area contributed by atoms with Crippen LogP contribution in [-0.2, 0) is 0 Å². The van der Waals surface area contributed by atoms with E-state index in [2.05, 4.69) is 5.32 Å². The van der Waals surface area contributed by atoms with Gasteiger partial charge in [-0.25, -0.2) is 0 Å². The van der Waals surface area contributed by atoms with Gasteiger partial charge in [0, 0.05) is 21.8 Å². The van der Waals surface area contributed by atoms with Crippen LogP contribution in [0.2, 0.25) is 0 Å². The monoisotopic (exact) mass is 372 g/mol. The quantitative estimate of drug-likeness (QED) is 0.577. The van der Waals surface area contributed by atoms with Gasteiger partial charge in [0.05, 0.1) is 17.7 Å². The number of nitrogens with one attached hydrogen (secondary N) is 1. The number of nitro benzene ring substituents is 1. The molecule has 136 valence electrons. The number of nitrogens with zero attached hydrogens (tertiary/aromatic N) is 1. The Morgan fingerprint density at radius 1 is 1.23 bits per heavy atom. The molecule has 0 atom stereocenters. The molecule has 0 bridgehead atoms. The largest absolute Gasteiger partial charge is 0.490 e. The van der Waals surface area contributed by atoms with Gasteiger partial charge in [-0.2, -0.15) is 0 Å². The molecule has 1 aliphatic rings. The Labute approximate surface area is 156 Å². The van der Waals surface area contributed by atoms with Gasteiger partial charge >= 0.3 is 5.69 Å². The van der Waals surface area contributed by atoms with E-state index in [4.69, 9.17) is 4.74 Å². The van der Waals surface area contributed by atoms with Gasteiger partial charge in [-0.3, -0.25) is 14.9 Å². The summed E-state index contributed by atoms with van der Waals surface area (Å²) in [5.74, 6) is -0.251. The summed E-state index contributed by atoms with van der Waals surface area (Å²) >= 11 is 1.79. The van der Waals surface area contributed by atoms with E-state index in [1.54, 1.807) is 11.8 Å². The number of methoxy groups -OCH3 is 1. The number of benzene rings is 2. The second-order valence-corrected chi connectivity index (χ2v) is 7.46. The van der Waals surface area contributed by atoms with Crippen LogP contribution < -0.4 is 10.1 Å². The second kappa shape index (κ2) is 8.23. The standard InChI is InChI=1S/C19H20N2O4S/c1-25-17-11-10-13(12-16(17)21(23)24)19(22)20-15-8-4-5-9-18(15)26-14-6-2-3-7-14/h4-5,8-12,14H,2-3,6-7H2,1H3,(H,20,22). The van der Waals surface area contributed by atoms with Gasteiger partial charge in [0.2, 0.25) is 0 Å². The minimum absolute atomic E-state index is 0.128. The number of thioether (sulfide) groups is 1. The van der Waals surface area contributed by atoms with Crippen LogP contribution in [0.1, 0.15) is 36.0 Å². The highest BCUT2D eigenvalue weighted by Gasteiger charge is 2.20. The number of ether oxygens (including phenoxy) is 1. The molecular weight excluding hydrogens is 352 g/mol. The van der Waals surface area contributed by atoms with Crippen molar-refractivity contribution in [3.63, 3.8) is 0 Å². The summed E-state index contributed by atoms with van der Waals surface area (Å²) in [6.45, 7) is 0. The van der Waals surface area contributed by atoms with E-state index in [9.17, 15) is 14.9 Å². The smallest absolute Gasteiger partial charge is 0.311 e. The molecule has 0 aromatic heterocycles. The SMILES string of the molecule is COc1ccc(C(=O)Nc2ccccc2SC2CCCC2)cc1[N+](=O)[O-]. The molecule has 6 nitrogen and oxygen atoms in total. The zero-order chi connectivity index (χ0) is 18.5. The number of rotatable bonds is 6. The van der Waals surface area contributed by atoms with E-state index < -0.39 is 4.92 Å². The Bertz CT molecular complexity index is 819. The third-order valence-electron chi connectivity index (χ3n) is 4.37. The van der Waals surface area contributed by atoms with E-state index in [-0.39, 0.29) is 22.9 Å². The lowest BCUT2D eigenvalue weighted by molar-refractivity contribution is -0.385. The Kier molecular flexibility index (Phi) is 5.78. The second-order valence-electron chi connectivity index (χ2n) is 6.12. The summed E-state index contributed by atoms with van der Waals surface area (Å²) in [5.41, 5.74) is 0.722. The topological polar surface area (TPSA) is 81.5 Å². The van der Waals surface area contributed by atoms with Crippen molar-refractivity contribution in [3.8, 4) is 5.75 Å². The van der Waals surface area contributed by atoms with Gasteiger partial charge in [0.1, 0.15) is 0 Å². The molecule has 0 spiro atoms. The summed E-state index contributed by atoms with van der Waals surface area (Å²) in [4.78, 5) is 24.2. The molecule has 2 aromatic rings. The summed E-state index contributed by atoms with van der Waals surface area (Å²) in [7, 11) is 1.36. The number of carbonyl (C=O) groups excluding carboxylic acids is 1. The van der Waals surface area contributed by atoms with Crippen LogP contribution in [0, 0.1) is 10.1 Å². The van der Waals surface area contributed by atoms with Gasteiger partial charge in [0.15, 0.2) is 5.75 Å². The summed E-state index contributed by atoms with van der Waals surface area (Å²) in [6.07, 6.45) is 4.89. The Balaban J connectivity index is 1.80. The summed E-state index contributed by atoms with van der Waals surface area (Å²) < 4.78 is 4.98. The van der Waals surface area contributed by atoms with Crippen molar-refractivity contribution in [1.82, 2.24) is 0 Å². The first kappa shape index (κ1) is 18.3. The molecule has 0 aliphatic heterocycles. The number of anilines is 1. The van der Waals surface area contributed by atoms with E-state index >= 15 is 0 Å². The average molecular weight is 372 g/mol. The van der Waals surface area contributed by atoms with Gasteiger partial charge in [-0.05, 0) is 37.1 Å². The van der Waals surface area contributed by atoms with Gasteiger partial charge in [0.25, 0.3) is 5.91 Å². The molecule has 26 heavy (non-hydrogen) atoms. The number of hydrogen-bond acceptors (Lipinski definition) is 5. The lowest BCUT2D eigenvalue weighted by Crippen LogP contribution is -2.13. The van der Waals surface area contributed by atoms with Crippen molar-refractivity contribution in [2.45, 2.75) is 35.8 Å². The van der Waals surface area contributed by atoms with Crippen LogP contribution in [0.5, 0.6) is 5.75 Å². The van der Waals surface area contributed by atoms with Gasteiger partial charge in [-0.15, -0.1) is 11.8 Å². The molecule has 0 unspecified atom stereocenters. The zero-order valence-electron chi connectivity index (χ0n) is 14.4. The number of carbonyl (C=O) groups is 1. The molecule has 0 radical (unpaired) electrons. The first-order chi connectivity index (χ1) is 12.6. The van der Waals surface area contributed by atoms with Crippen molar-refractivity contribution in [2.75, 3.05) is 12.4 Å². The maximum Gasteiger partial charge on any atom is 0.311 e.